The molecule has 0 saturated carbocycles. The molecule has 1 N–H and O–H groups in total. The van der Waals surface area contributed by atoms with Crippen LogP contribution < -0.4 is 5.32 Å². The van der Waals surface area contributed by atoms with Crippen molar-refractivity contribution in [2.75, 3.05) is 51.1 Å². The first kappa shape index (κ1) is 20.6. The number of aromatic nitrogens is 1. The van der Waals surface area contributed by atoms with E-state index in [4.69, 9.17) is 4.98 Å². The quantitative estimate of drug-likeness (QED) is 0.736. The van der Waals surface area contributed by atoms with Crippen molar-refractivity contribution in [1.29, 1.82) is 0 Å². The monoisotopic (exact) mass is 393 g/mol. The van der Waals surface area contributed by atoms with Crippen molar-refractivity contribution in [3.63, 3.8) is 0 Å². The lowest BCUT2D eigenvalue weighted by Gasteiger charge is -2.35. The van der Waals surface area contributed by atoms with E-state index in [-0.39, 0.29) is 5.92 Å². The molecule has 2 fully saturated rings. The van der Waals surface area contributed by atoms with E-state index in [0.29, 0.717) is 11.9 Å². The lowest BCUT2D eigenvalue weighted by molar-refractivity contribution is -0.136. The van der Waals surface area contributed by atoms with E-state index in [1.54, 1.807) is 11.3 Å². The van der Waals surface area contributed by atoms with E-state index < -0.39 is 0 Å². The zero-order valence-electron chi connectivity index (χ0n) is 17.1. The summed E-state index contributed by atoms with van der Waals surface area (Å²) in [7, 11) is 0. The van der Waals surface area contributed by atoms with Gasteiger partial charge in [0.2, 0.25) is 5.91 Å². The second-order valence-corrected chi connectivity index (χ2v) is 8.72. The predicted octanol–water partition coefficient (Wildman–Crippen LogP) is 2.73. The molecule has 2 aliphatic heterocycles. The summed E-state index contributed by atoms with van der Waals surface area (Å²) >= 11 is 1.71. The minimum absolute atomic E-state index is 0.146. The van der Waals surface area contributed by atoms with Gasteiger partial charge in [0.05, 0.1) is 5.69 Å². The third-order valence-corrected chi connectivity index (χ3v) is 6.90. The lowest BCUT2D eigenvalue weighted by Crippen LogP contribution is -2.49. The van der Waals surface area contributed by atoms with Crippen LogP contribution in [0.25, 0.3) is 0 Å². The number of rotatable bonds is 8. The van der Waals surface area contributed by atoms with Crippen molar-refractivity contribution in [3.8, 4) is 0 Å². The fraction of sp³-hybridized carbons (Fsp3) is 0.800. The fourth-order valence-electron chi connectivity index (χ4n) is 4.05. The average molecular weight is 394 g/mol. The van der Waals surface area contributed by atoms with Crippen molar-refractivity contribution in [1.82, 2.24) is 19.7 Å². The van der Waals surface area contributed by atoms with Gasteiger partial charge in [0.25, 0.3) is 0 Å². The highest BCUT2D eigenvalue weighted by molar-refractivity contribution is 7.13. The van der Waals surface area contributed by atoms with Crippen LogP contribution in [0, 0.1) is 5.92 Å². The number of carbonyl (C=O) groups excluding carboxylic acids is 1. The van der Waals surface area contributed by atoms with E-state index >= 15 is 0 Å². The zero-order chi connectivity index (χ0) is 19.2. The molecule has 1 aromatic rings. The molecular weight excluding hydrogens is 358 g/mol. The van der Waals surface area contributed by atoms with Gasteiger partial charge in [-0.2, -0.15) is 0 Å². The van der Waals surface area contributed by atoms with Crippen LogP contribution in [-0.4, -0.2) is 77.4 Å². The summed E-state index contributed by atoms with van der Waals surface area (Å²) in [5.41, 5.74) is 1.14. The number of nitrogens with zero attached hydrogens (tertiary/aromatic N) is 4. The van der Waals surface area contributed by atoms with Crippen LogP contribution in [0.4, 0.5) is 5.13 Å². The number of nitrogens with one attached hydrogen (secondary N) is 1. The maximum absolute atomic E-state index is 12.3. The molecule has 0 radical (unpaired) electrons. The minimum Gasteiger partial charge on any atom is -0.360 e. The van der Waals surface area contributed by atoms with Crippen LogP contribution >= 0.6 is 11.3 Å². The number of likely N-dealkylation sites (N-methyl/N-ethyl adjacent to an activating group) is 1. The summed E-state index contributed by atoms with van der Waals surface area (Å²) in [6.07, 6.45) is 3.53. The zero-order valence-corrected chi connectivity index (χ0v) is 17.9. The molecule has 1 aromatic heterocycles. The third-order valence-electron chi connectivity index (χ3n) is 6.05. The Kier molecular flexibility index (Phi) is 7.49. The Balaban J connectivity index is 1.41. The molecule has 7 heteroatoms. The first-order valence-corrected chi connectivity index (χ1v) is 11.4. The van der Waals surface area contributed by atoms with Crippen LogP contribution in [0.15, 0.2) is 5.38 Å². The van der Waals surface area contributed by atoms with E-state index in [1.165, 1.54) is 19.4 Å². The number of hydrogen-bond donors (Lipinski definition) is 1. The SMILES string of the molecule is CCC(C)C(=O)N1CCN(Cc2csc(NCC3CCCN3CC)n2)CC1. The molecule has 0 spiro atoms. The Hall–Kier alpha value is -1.18. The van der Waals surface area contributed by atoms with E-state index in [1.807, 2.05) is 11.8 Å². The van der Waals surface area contributed by atoms with Gasteiger partial charge in [0, 0.05) is 56.6 Å². The number of carbonyl (C=O) groups is 1. The van der Waals surface area contributed by atoms with E-state index in [2.05, 4.69) is 34.3 Å². The van der Waals surface area contributed by atoms with Gasteiger partial charge in [-0.25, -0.2) is 4.98 Å². The molecule has 0 aliphatic carbocycles. The van der Waals surface area contributed by atoms with Crippen molar-refractivity contribution < 1.29 is 4.79 Å². The highest BCUT2D eigenvalue weighted by Gasteiger charge is 2.25. The van der Waals surface area contributed by atoms with Crippen LogP contribution in [0.1, 0.15) is 45.7 Å². The van der Waals surface area contributed by atoms with Crippen LogP contribution in [0.3, 0.4) is 0 Å². The Labute approximate surface area is 167 Å². The summed E-state index contributed by atoms with van der Waals surface area (Å²) in [4.78, 5) is 24.1. The number of anilines is 1. The lowest BCUT2D eigenvalue weighted by atomic mass is 10.1. The van der Waals surface area contributed by atoms with Crippen LogP contribution in [-0.2, 0) is 11.3 Å². The third kappa shape index (κ3) is 5.42. The number of thiazole rings is 1. The molecule has 27 heavy (non-hydrogen) atoms. The van der Waals surface area contributed by atoms with Gasteiger partial charge in [-0.3, -0.25) is 14.6 Å². The Morgan fingerprint density at radius 1 is 1.30 bits per heavy atom. The van der Waals surface area contributed by atoms with Crippen molar-refractivity contribution in [3.05, 3.63) is 11.1 Å². The first-order valence-electron chi connectivity index (χ1n) is 10.5. The normalized spacial score (nSPS) is 22.9. The van der Waals surface area contributed by atoms with E-state index in [9.17, 15) is 4.79 Å². The molecule has 3 heterocycles. The van der Waals surface area contributed by atoms with Gasteiger partial charge in [-0.05, 0) is 32.4 Å². The first-order chi connectivity index (χ1) is 13.1. The summed E-state index contributed by atoms with van der Waals surface area (Å²) in [5, 5.41) is 6.76. The Bertz CT molecular complexity index is 599. The molecule has 2 saturated heterocycles. The van der Waals surface area contributed by atoms with Gasteiger partial charge in [0.1, 0.15) is 0 Å². The van der Waals surface area contributed by atoms with Gasteiger partial charge < -0.3 is 10.2 Å². The van der Waals surface area contributed by atoms with E-state index in [0.717, 1.165) is 63.1 Å². The van der Waals surface area contributed by atoms with Crippen molar-refractivity contribution in [2.45, 2.75) is 52.6 Å². The van der Waals surface area contributed by atoms with Gasteiger partial charge in [-0.1, -0.05) is 20.8 Å². The summed E-state index contributed by atoms with van der Waals surface area (Å²) < 4.78 is 0. The van der Waals surface area contributed by atoms with Crippen LogP contribution in [0.5, 0.6) is 0 Å². The number of amides is 1. The average Bonchev–Trinajstić information content (AvgIpc) is 3.34. The second kappa shape index (κ2) is 9.85. The maximum Gasteiger partial charge on any atom is 0.225 e. The molecular formula is C20H35N5OS. The fourth-order valence-corrected chi connectivity index (χ4v) is 4.76. The smallest absolute Gasteiger partial charge is 0.225 e. The summed E-state index contributed by atoms with van der Waals surface area (Å²) in [5.74, 6) is 0.456. The predicted molar refractivity (Wildman–Crippen MR) is 112 cm³/mol. The largest absolute Gasteiger partial charge is 0.360 e. The van der Waals surface area contributed by atoms with Gasteiger partial charge in [0.15, 0.2) is 5.13 Å². The van der Waals surface area contributed by atoms with Gasteiger partial charge in [-0.15, -0.1) is 11.3 Å². The molecule has 152 valence electrons. The summed E-state index contributed by atoms with van der Waals surface area (Å²) in [6, 6.07) is 0.651. The maximum atomic E-state index is 12.3. The standard InChI is InChI=1S/C20H35N5OS/c1-4-16(3)19(26)25-11-9-23(10-12-25)14-17-15-27-20(22-17)21-13-18-7-6-8-24(18)5-2/h15-16,18H,4-14H2,1-3H3,(H,21,22). The molecule has 2 atom stereocenters. The summed E-state index contributed by atoms with van der Waals surface area (Å²) in [6.45, 7) is 14.2. The van der Waals surface area contributed by atoms with Crippen LogP contribution in [0.2, 0.25) is 0 Å². The van der Waals surface area contributed by atoms with Crippen molar-refractivity contribution in [2.24, 2.45) is 5.92 Å². The Morgan fingerprint density at radius 2 is 2.07 bits per heavy atom. The molecule has 0 aromatic carbocycles. The number of hydrogen-bond acceptors (Lipinski definition) is 6. The second-order valence-electron chi connectivity index (χ2n) is 7.86. The number of piperazine rings is 1. The molecule has 2 unspecified atom stereocenters. The van der Waals surface area contributed by atoms with Crippen molar-refractivity contribution >= 4 is 22.4 Å². The highest BCUT2D eigenvalue weighted by Crippen LogP contribution is 2.21. The molecule has 3 rings (SSSR count). The highest BCUT2D eigenvalue weighted by atomic mass is 32.1. The molecule has 0 bridgehead atoms. The number of likely N-dealkylation sites (tertiary alicyclic amines) is 1. The molecule has 1 amide bonds. The minimum atomic E-state index is 0.146. The Morgan fingerprint density at radius 3 is 2.78 bits per heavy atom. The molecule has 2 aliphatic rings. The van der Waals surface area contributed by atoms with Gasteiger partial charge >= 0.3 is 0 Å². The molecule has 6 nitrogen and oxygen atoms in total. The topological polar surface area (TPSA) is 51.7 Å².